The minimum absolute atomic E-state index is 0.0747. The fourth-order valence-corrected chi connectivity index (χ4v) is 4.17. The summed E-state index contributed by atoms with van der Waals surface area (Å²) in [5, 5.41) is 2.88. The average Bonchev–Trinajstić information content (AvgIpc) is 3.25. The van der Waals surface area contributed by atoms with Gasteiger partial charge >= 0.3 is 6.18 Å². The highest BCUT2D eigenvalue weighted by Crippen LogP contribution is 2.36. The van der Waals surface area contributed by atoms with E-state index < -0.39 is 23.7 Å². The van der Waals surface area contributed by atoms with Crippen molar-refractivity contribution in [3.63, 3.8) is 0 Å². The third-order valence-electron chi connectivity index (χ3n) is 5.83. The van der Waals surface area contributed by atoms with Gasteiger partial charge in [0.05, 0.1) is 11.5 Å². The summed E-state index contributed by atoms with van der Waals surface area (Å²) in [5.41, 5.74) is -0.796. The molecule has 3 rings (SSSR count). The van der Waals surface area contributed by atoms with Gasteiger partial charge < -0.3 is 15.1 Å². The van der Waals surface area contributed by atoms with Crippen molar-refractivity contribution in [2.75, 3.05) is 31.1 Å². The monoisotopic (exact) mass is 426 g/mol. The molecular formula is C21H29F3N4O2. The molecule has 2 atom stereocenters. The molecular weight excluding hydrogens is 397 g/mol. The number of halogens is 3. The molecule has 9 heteroatoms. The van der Waals surface area contributed by atoms with E-state index in [1.54, 1.807) is 4.90 Å². The largest absolute Gasteiger partial charge is 0.419 e. The molecule has 1 N–H and O–H groups in total. The van der Waals surface area contributed by atoms with E-state index in [-0.39, 0.29) is 30.1 Å². The predicted molar refractivity (Wildman–Crippen MR) is 107 cm³/mol. The van der Waals surface area contributed by atoms with E-state index in [2.05, 4.69) is 10.3 Å². The number of likely N-dealkylation sites (tertiary alicyclic amines) is 1. The number of nitrogens with one attached hydrogen (secondary N) is 1. The molecule has 166 valence electrons. The molecule has 3 heterocycles. The Labute approximate surface area is 174 Å². The Bertz CT molecular complexity index is 763. The quantitative estimate of drug-likeness (QED) is 0.786. The zero-order chi connectivity index (χ0) is 21.9. The molecule has 1 aromatic rings. The highest BCUT2D eigenvalue weighted by molar-refractivity contribution is 5.89. The van der Waals surface area contributed by atoms with Gasteiger partial charge in [-0.2, -0.15) is 13.2 Å². The molecule has 0 saturated carbocycles. The van der Waals surface area contributed by atoms with Crippen molar-refractivity contribution in [1.29, 1.82) is 0 Å². The summed E-state index contributed by atoms with van der Waals surface area (Å²) in [5.74, 6) is -1.07. The maximum Gasteiger partial charge on any atom is 0.419 e. The fraction of sp³-hybridized carbons (Fsp3) is 0.667. The number of nitrogens with zero attached hydrogens (tertiary/aromatic N) is 3. The maximum absolute atomic E-state index is 13.4. The molecule has 0 bridgehead atoms. The number of hydrogen-bond acceptors (Lipinski definition) is 4. The third kappa shape index (κ3) is 5.05. The molecule has 2 fully saturated rings. The lowest BCUT2D eigenvalue weighted by molar-refractivity contribution is -0.138. The number of aromatic nitrogens is 1. The lowest BCUT2D eigenvalue weighted by Gasteiger charge is -2.35. The molecule has 1 aromatic heterocycles. The van der Waals surface area contributed by atoms with Crippen molar-refractivity contribution in [2.45, 2.75) is 51.7 Å². The molecule has 0 radical (unpaired) electrons. The van der Waals surface area contributed by atoms with Crippen LogP contribution in [0.25, 0.3) is 0 Å². The van der Waals surface area contributed by atoms with Crippen molar-refractivity contribution < 1.29 is 22.8 Å². The number of rotatable bonds is 5. The summed E-state index contributed by atoms with van der Waals surface area (Å²) in [6, 6.07) is 1.65. The van der Waals surface area contributed by atoms with Crippen LogP contribution in [-0.2, 0) is 15.8 Å². The number of anilines is 1. The van der Waals surface area contributed by atoms with Crippen LogP contribution in [0, 0.1) is 11.8 Å². The first-order chi connectivity index (χ1) is 14.2. The van der Waals surface area contributed by atoms with Crippen LogP contribution >= 0.6 is 0 Å². The first-order valence-corrected chi connectivity index (χ1v) is 10.5. The average molecular weight is 426 g/mol. The number of amides is 2. The van der Waals surface area contributed by atoms with Gasteiger partial charge in [-0.15, -0.1) is 0 Å². The van der Waals surface area contributed by atoms with Gasteiger partial charge in [0.25, 0.3) is 0 Å². The summed E-state index contributed by atoms with van der Waals surface area (Å²) in [7, 11) is 0. The van der Waals surface area contributed by atoms with Crippen LogP contribution in [0.5, 0.6) is 0 Å². The second-order valence-corrected chi connectivity index (χ2v) is 8.42. The number of alkyl halides is 3. The zero-order valence-corrected chi connectivity index (χ0v) is 17.4. The van der Waals surface area contributed by atoms with Crippen LogP contribution in [0.1, 0.15) is 45.1 Å². The molecule has 6 nitrogen and oxygen atoms in total. The smallest absolute Gasteiger partial charge is 0.355 e. The number of piperidine rings is 1. The Hall–Kier alpha value is -2.32. The predicted octanol–water partition coefficient (Wildman–Crippen LogP) is 3.08. The van der Waals surface area contributed by atoms with Crippen molar-refractivity contribution in [3.05, 3.63) is 23.9 Å². The van der Waals surface area contributed by atoms with Gasteiger partial charge in [-0.05, 0) is 43.7 Å². The number of hydrogen-bond donors (Lipinski definition) is 1. The molecule has 1 unspecified atom stereocenters. The standard InChI is InChI=1S/C21H29F3N4O2/c1-14(2)17(20(30)27-10-3-4-11-27)26-19(29)15-7-6-12-28(13-15)18-16(21(22,23)24)8-5-9-25-18/h5,8-9,14-15,17H,3-4,6-7,10-13H2,1-2H3,(H,26,29)/t15?,17-/m0/s1. The Morgan fingerprint density at radius 1 is 1.17 bits per heavy atom. The number of carbonyl (C=O) groups is 2. The maximum atomic E-state index is 13.4. The van der Waals surface area contributed by atoms with Gasteiger partial charge in [-0.1, -0.05) is 13.8 Å². The van der Waals surface area contributed by atoms with Crippen molar-refractivity contribution in [3.8, 4) is 0 Å². The van der Waals surface area contributed by atoms with Crippen LogP contribution < -0.4 is 10.2 Å². The molecule has 2 amide bonds. The lowest BCUT2D eigenvalue weighted by atomic mass is 9.95. The summed E-state index contributed by atoms with van der Waals surface area (Å²) in [6.45, 7) is 5.73. The van der Waals surface area contributed by atoms with Gasteiger partial charge in [0.2, 0.25) is 11.8 Å². The van der Waals surface area contributed by atoms with E-state index in [1.807, 2.05) is 13.8 Å². The van der Waals surface area contributed by atoms with E-state index in [9.17, 15) is 22.8 Å². The topological polar surface area (TPSA) is 65.5 Å². The Morgan fingerprint density at radius 2 is 1.87 bits per heavy atom. The second-order valence-electron chi connectivity index (χ2n) is 8.42. The van der Waals surface area contributed by atoms with Crippen molar-refractivity contribution >= 4 is 17.6 Å². The van der Waals surface area contributed by atoms with Gasteiger partial charge in [0.1, 0.15) is 11.9 Å². The molecule has 2 aliphatic rings. The summed E-state index contributed by atoms with van der Waals surface area (Å²) >= 11 is 0. The minimum atomic E-state index is -4.51. The van der Waals surface area contributed by atoms with Crippen molar-refractivity contribution in [1.82, 2.24) is 15.2 Å². The second kappa shape index (κ2) is 9.22. The zero-order valence-electron chi connectivity index (χ0n) is 17.4. The Balaban J connectivity index is 1.70. The summed E-state index contributed by atoms with van der Waals surface area (Å²) in [4.78, 5) is 33.0. The highest BCUT2D eigenvalue weighted by atomic mass is 19.4. The third-order valence-corrected chi connectivity index (χ3v) is 5.83. The summed E-state index contributed by atoms with van der Waals surface area (Å²) < 4.78 is 40.1. The number of carbonyl (C=O) groups excluding carboxylic acids is 2. The molecule has 0 spiro atoms. The van der Waals surface area contributed by atoms with Crippen LogP contribution in [0.3, 0.4) is 0 Å². The van der Waals surface area contributed by atoms with Gasteiger partial charge in [0.15, 0.2) is 0 Å². The van der Waals surface area contributed by atoms with Gasteiger partial charge in [-0.25, -0.2) is 4.98 Å². The Morgan fingerprint density at radius 3 is 2.50 bits per heavy atom. The van der Waals surface area contributed by atoms with Crippen LogP contribution in [0.15, 0.2) is 18.3 Å². The minimum Gasteiger partial charge on any atom is -0.355 e. The number of pyridine rings is 1. The molecule has 30 heavy (non-hydrogen) atoms. The first-order valence-electron chi connectivity index (χ1n) is 10.5. The first kappa shape index (κ1) is 22.4. The highest BCUT2D eigenvalue weighted by Gasteiger charge is 2.38. The fourth-order valence-electron chi connectivity index (χ4n) is 4.17. The van der Waals surface area contributed by atoms with E-state index in [1.165, 1.54) is 17.2 Å². The van der Waals surface area contributed by atoms with Gasteiger partial charge in [-0.3, -0.25) is 9.59 Å². The van der Waals surface area contributed by atoms with Crippen LogP contribution in [0.2, 0.25) is 0 Å². The Kier molecular flexibility index (Phi) is 6.88. The van der Waals surface area contributed by atoms with Gasteiger partial charge in [0, 0.05) is 32.4 Å². The molecule has 0 aromatic carbocycles. The SMILES string of the molecule is CC(C)[C@H](NC(=O)C1CCCN(c2ncccc2C(F)(F)F)C1)C(=O)N1CCCC1. The lowest BCUT2D eigenvalue weighted by Crippen LogP contribution is -2.53. The summed E-state index contributed by atoms with van der Waals surface area (Å²) in [6.07, 6.45) is -0.0968. The molecule has 2 saturated heterocycles. The van der Waals surface area contributed by atoms with Crippen molar-refractivity contribution in [2.24, 2.45) is 11.8 Å². The molecule has 2 aliphatic heterocycles. The van der Waals surface area contributed by atoms with E-state index >= 15 is 0 Å². The van der Waals surface area contributed by atoms with Crippen LogP contribution in [0.4, 0.5) is 19.0 Å². The molecule has 0 aliphatic carbocycles. The van der Waals surface area contributed by atoms with E-state index in [0.29, 0.717) is 32.5 Å². The van der Waals surface area contributed by atoms with Crippen LogP contribution in [-0.4, -0.2) is 53.9 Å². The normalized spacial score (nSPS) is 21.1. The van der Waals surface area contributed by atoms with E-state index in [0.717, 1.165) is 18.9 Å². The van der Waals surface area contributed by atoms with E-state index in [4.69, 9.17) is 0 Å².